The molecule has 0 aliphatic heterocycles. The van der Waals surface area contributed by atoms with E-state index < -0.39 is 0 Å². The molecule has 0 aliphatic carbocycles. The predicted octanol–water partition coefficient (Wildman–Crippen LogP) is 3.14. The van der Waals surface area contributed by atoms with Gasteiger partial charge in [-0.2, -0.15) is 0 Å². The maximum Gasteiger partial charge on any atom is 0.261 e. The number of aromatic nitrogens is 2. The van der Waals surface area contributed by atoms with E-state index in [1.54, 1.807) is 11.0 Å². The fourth-order valence-corrected chi connectivity index (χ4v) is 3.03. The minimum absolute atomic E-state index is 0.0132. The van der Waals surface area contributed by atoms with E-state index in [0.717, 1.165) is 11.1 Å². The Hall–Kier alpha value is -2.95. The van der Waals surface area contributed by atoms with E-state index in [1.165, 1.54) is 10.9 Å². The van der Waals surface area contributed by atoms with Crippen LogP contribution in [-0.4, -0.2) is 26.4 Å². The maximum absolute atomic E-state index is 12.9. The van der Waals surface area contributed by atoms with Crippen LogP contribution in [0.15, 0.2) is 59.7 Å². The molecular weight excluding hydrogens is 326 g/mol. The first-order chi connectivity index (χ1) is 12.5. The van der Waals surface area contributed by atoms with Gasteiger partial charge in [0.25, 0.3) is 5.56 Å². The number of rotatable bonds is 5. The largest absolute Gasteiger partial charge is 0.334 e. The Morgan fingerprint density at radius 1 is 1.12 bits per heavy atom. The minimum atomic E-state index is -0.185. The molecule has 0 saturated carbocycles. The average Bonchev–Trinajstić information content (AvgIpc) is 2.63. The molecule has 0 bridgehead atoms. The second-order valence-electron chi connectivity index (χ2n) is 6.75. The van der Waals surface area contributed by atoms with Crippen LogP contribution in [0.4, 0.5) is 0 Å². The van der Waals surface area contributed by atoms with Crippen LogP contribution in [0.3, 0.4) is 0 Å². The predicted molar refractivity (Wildman–Crippen MR) is 103 cm³/mol. The van der Waals surface area contributed by atoms with Gasteiger partial charge in [-0.3, -0.25) is 14.2 Å². The fourth-order valence-electron chi connectivity index (χ4n) is 3.03. The third-order valence-electron chi connectivity index (χ3n) is 4.50. The molecule has 0 N–H and O–H groups in total. The summed E-state index contributed by atoms with van der Waals surface area (Å²) in [6, 6.07) is 15.4. The van der Waals surface area contributed by atoms with Crippen LogP contribution in [-0.2, 0) is 17.9 Å². The lowest BCUT2D eigenvalue weighted by Crippen LogP contribution is -2.40. The van der Waals surface area contributed by atoms with Gasteiger partial charge in [-0.05, 0) is 38.0 Å². The van der Waals surface area contributed by atoms with Crippen molar-refractivity contribution in [2.45, 2.75) is 39.9 Å². The molecule has 26 heavy (non-hydrogen) atoms. The lowest BCUT2D eigenvalue weighted by Gasteiger charge is -2.27. The Labute approximate surface area is 152 Å². The van der Waals surface area contributed by atoms with Crippen LogP contribution >= 0.6 is 0 Å². The molecule has 0 spiro atoms. The van der Waals surface area contributed by atoms with Crippen LogP contribution < -0.4 is 5.56 Å². The molecule has 0 aliphatic rings. The van der Waals surface area contributed by atoms with Gasteiger partial charge in [0.05, 0.1) is 17.2 Å². The summed E-state index contributed by atoms with van der Waals surface area (Å²) in [5.41, 5.74) is 2.52. The van der Waals surface area contributed by atoms with E-state index in [9.17, 15) is 9.59 Å². The molecule has 0 unspecified atom stereocenters. The zero-order valence-electron chi connectivity index (χ0n) is 15.3. The van der Waals surface area contributed by atoms with Gasteiger partial charge in [0.15, 0.2) is 0 Å². The van der Waals surface area contributed by atoms with Gasteiger partial charge in [-0.1, -0.05) is 42.5 Å². The van der Waals surface area contributed by atoms with Crippen molar-refractivity contribution < 1.29 is 4.79 Å². The van der Waals surface area contributed by atoms with Gasteiger partial charge < -0.3 is 4.90 Å². The lowest BCUT2D eigenvalue weighted by atomic mass is 10.1. The second kappa shape index (κ2) is 7.52. The Balaban J connectivity index is 1.87. The third kappa shape index (κ3) is 3.67. The maximum atomic E-state index is 12.9. The molecule has 1 heterocycles. The summed E-state index contributed by atoms with van der Waals surface area (Å²) in [5, 5.41) is 0.541. The van der Waals surface area contributed by atoms with E-state index in [1.807, 2.05) is 63.2 Å². The second-order valence-corrected chi connectivity index (χ2v) is 6.75. The van der Waals surface area contributed by atoms with Crippen LogP contribution in [0.1, 0.15) is 25.0 Å². The van der Waals surface area contributed by atoms with Gasteiger partial charge in [0, 0.05) is 12.6 Å². The summed E-state index contributed by atoms with van der Waals surface area (Å²) in [6.07, 6.45) is 1.47. The van der Waals surface area contributed by atoms with Crippen molar-refractivity contribution in [2.75, 3.05) is 0 Å². The van der Waals surface area contributed by atoms with E-state index in [0.29, 0.717) is 17.4 Å². The van der Waals surface area contributed by atoms with Crippen molar-refractivity contribution in [3.05, 3.63) is 76.3 Å². The molecule has 3 rings (SSSR count). The normalized spacial score (nSPS) is 11.1. The van der Waals surface area contributed by atoms with E-state index in [4.69, 9.17) is 0 Å². The lowest BCUT2D eigenvalue weighted by molar-refractivity contribution is -0.134. The number of aryl methyl sites for hydroxylation is 1. The van der Waals surface area contributed by atoms with Crippen LogP contribution in [0.25, 0.3) is 10.9 Å². The molecule has 134 valence electrons. The van der Waals surface area contributed by atoms with Crippen molar-refractivity contribution in [3.63, 3.8) is 0 Å². The highest BCUT2D eigenvalue weighted by Gasteiger charge is 2.19. The highest BCUT2D eigenvalue weighted by molar-refractivity contribution is 5.81. The van der Waals surface area contributed by atoms with E-state index >= 15 is 0 Å². The molecule has 5 heteroatoms. The Morgan fingerprint density at radius 3 is 2.54 bits per heavy atom. The Bertz CT molecular complexity index is 977. The van der Waals surface area contributed by atoms with Gasteiger partial charge >= 0.3 is 0 Å². The molecule has 0 radical (unpaired) electrons. The first kappa shape index (κ1) is 17.9. The van der Waals surface area contributed by atoms with Crippen molar-refractivity contribution in [2.24, 2.45) is 0 Å². The molecule has 0 atom stereocenters. The van der Waals surface area contributed by atoms with Crippen LogP contribution in [0.5, 0.6) is 0 Å². The first-order valence-electron chi connectivity index (χ1n) is 8.75. The number of benzene rings is 2. The van der Waals surface area contributed by atoms with Crippen molar-refractivity contribution in [1.82, 2.24) is 14.5 Å². The number of hydrogen-bond acceptors (Lipinski definition) is 3. The van der Waals surface area contributed by atoms with Gasteiger partial charge in [-0.15, -0.1) is 0 Å². The monoisotopic (exact) mass is 349 g/mol. The van der Waals surface area contributed by atoms with E-state index in [-0.39, 0.29) is 24.1 Å². The average molecular weight is 349 g/mol. The van der Waals surface area contributed by atoms with Crippen molar-refractivity contribution in [3.8, 4) is 0 Å². The number of para-hydroxylation sites is 1. The quantitative estimate of drug-likeness (QED) is 0.711. The summed E-state index contributed by atoms with van der Waals surface area (Å²) in [7, 11) is 0. The number of carbonyl (C=O) groups is 1. The molecular formula is C21H23N3O2. The molecule has 0 saturated heterocycles. The first-order valence-corrected chi connectivity index (χ1v) is 8.75. The highest BCUT2D eigenvalue weighted by atomic mass is 16.2. The van der Waals surface area contributed by atoms with Crippen LogP contribution in [0, 0.1) is 6.92 Å². The smallest absolute Gasteiger partial charge is 0.261 e. The summed E-state index contributed by atoms with van der Waals surface area (Å²) >= 11 is 0. The van der Waals surface area contributed by atoms with E-state index in [2.05, 4.69) is 4.98 Å². The third-order valence-corrected chi connectivity index (χ3v) is 4.50. The molecule has 1 amide bonds. The standard InChI is InChI=1S/C21H23N3O2/c1-15(2)24(12-17-9-5-4-6-10-17)19(25)13-23-14-22-20-16(3)8-7-11-18(20)21(23)26/h4-11,14-15H,12-13H2,1-3H3. The Kier molecular flexibility index (Phi) is 5.16. The summed E-state index contributed by atoms with van der Waals surface area (Å²) < 4.78 is 1.39. The number of hydrogen-bond donors (Lipinski definition) is 0. The topological polar surface area (TPSA) is 55.2 Å². The van der Waals surface area contributed by atoms with Gasteiger partial charge in [-0.25, -0.2) is 4.98 Å². The molecule has 5 nitrogen and oxygen atoms in total. The van der Waals surface area contributed by atoms with Gasteiger partial charge in [0.2, 0.25) is 5.91 Å². The van der Waals surface area contributed by atoms with Gasteiger partial charge in [0.1, 0.15) is 6.54 Å². The molecule has 3 aromatic rings. The number of fused-ring (bicyclic) bond motifs is 1. The Morgan fingerprint density at radius 2 is 1.85 bits per heavy atom. The SMILES string of the molecule is Cc1cccc2c(=O)n(CC(=O)N(Cc3ccccc3)C(C)C)cnc12. The number of carbonyl (C=O) groups excluding carboxylic acids is 1. The zero-order valence-corrected chi connectivity index (χ0v) is 15.3. The molecule has 1 aromatic heterocycles. The molecule has 0 fully saturated rings. The molecule has 2 aromatic carbocycles. The fraction of sp³-hybridized carbons (Fsp3) is 0.286. The summed E-state index contributed by atoms with van der Waals surface area (Å²) in [5.74, 6) is -0.0974. The number of amides is 1. The highest BCUT2D eigenvalue weighted by Crippen LogP contribution is 2.12. The van der Waals surface area contributed by atoms with Crippen molar-refractivity contribution >= 4 is 16.8 Å². The minimum Gasteiger partial charge on any atom is -0.334 e. The zero-order chi connectivity index (χ0) is 18.7. The van der Waals surface area contributed by atoms with Crippen molar-refractivity contribution in [1.29, 1.82) is 0 Å². The van der Waals surface area contributed by atoms with Crippen LogP contribution in [0.2, 0.25) is 0 Å². The summed E-state index contributed by atoms with van der Waals surface area (Å²) in [4.78, 5) is 31.7. The number of nitrogens with zero attached hydrogens (tertiary/aromatic N) is 3. The summed E-state index contributed by atoms with van der Waals surface area (Å²) in [6.45, 7) is 6.38.